The van der Waals surface area contributed by atoms with Crippen molar-refractivity contribution in [3.8, 4) is 16.3 Å². The summed E-state index contributed by atoms with van der Waals surface area (Å²) in [5, 5.41) is 17.9. The predicted molar refractivity (Wildman–Crippen MR) is 141 cm³/mol. The number of non-ortho nitro benzene ring substituents is 1. The van der Waals surface area contributed by atoms with E-state index in [1.54, 1.807) is 18.2 Å². The molecule has 0 N–H and O–H groups in total. The Morgan fingerprint density at radius 1 is 1.00 bits per heavy atom. The molecule has 1 aliphatic heterocycles. The van der Waals surface area contributed by atoms with Gasteiger partial charge < -0.3 is 4.90 Å². The van der Waals surface area contributed by atoms with E-state index in [0.29, 0.717) is 30.2 Å². The molecule has 0 saturated carbocycles. The number of nitro groups is 1. The van der Waals surface area contributed by atoms with E-state index < -0.39 is 4.92 Å². The molecular formula is C27H25N5O3S. The fraction of sp³-hybridized carbons (Fsp3) is 0.185. The van der Waals surface area contributed by atoms with Crippen molar-refractivity contribution in [2.24, 2.45) is 0 Å². The lowest BCUT2D eigenvalue weighted by Crippen LogP contribution is -2.49. The van der Waals surface area contributed by atoms with Gasteiger partial charge in [0, 0.05) is 44.9 Å². The number of hydrogen-bond acceptors (Lipinski definition) is 6. The maximum absolute atomic E-state index is 13.6. The average Bonchev–Trinajstić information content (AvgIpc) is 3.60. The van der Waals surface area contributed by atoms with Crippen molar-refractivity contribution in [1.82, 2.24) is 19.6 Å². The normalized spacial score (nSPS) is 14.4. The number of rotatable bonds is 7. The monoisotopic (exact) mass is 499 g/mol. The molecule has 1 fully saturated rings. The van der Waals surface area contributed by atoms with Gasteiger partial charge in [-0.3, -0.25) is 19.8 Å². The van der Waals surface area contributed by atoms with Crippen LogP contribution in [0.4, 0.5) is 5.69 Å². The smallest absolute Gasteiger partial charge is 0.272 e. The Morgan fingerprint density at radius 3 is 2.53 bits per heavy atom. The van der Waals surface area contributed by atoms with E-state index >= 15 is 0 Å². The molecule has 5 rings (SSSR count). The highest BCUT2D eigenvalue weighted by atomic mass is 32.1. The second kappa shape index (κ2) is 10.7. The van der Waals surface area contributed by atoms with Gasteiger partial charge in [0.25, 0.3) is 11.6 Å². The maximum Gasteiger partial charge on any atom is 0.272 e. The topological polar surface area (TPSA) is 84.5 Å². The summed E-state index contributed by atoms with van der Waals surface area (Å²) >= 11 is 1.53. The number of hydrogen-bond donors (Lipinski definition) is 0. The average molecular weight is 500 g/mol. The summed E-state index contributed by atoms with van der Waals surface area (Å²) in [5.74, 6) is -0.128. The van der Waals surface area contributed by atoms with Gasteiger partial charge >= 0.3 is 0 Å². The summed E-state index contributed by atoms with van der Waals surface area (Å²) in [5.41, 5.74) is 2.68. The zero-order valence-electron chi connectivity index (χ0n) is 19.6. The molecule has 0 radical (unpaired) electrons. The minimum atomic E-state index is -0.444. The van der Waals surface area contributed by atoms with Crippen LogP contribution in [0.25, 0.3) is 22.3 Å². The number of benzene rings is 2. The number of amides is 1. The Balaban J connectivity index is 1.33. The molecular weight excluding hydrogens is 474 g/mol. The first kappa shape index (κ1) is 23.7. The van der Waals surface area contributed by atoms with Gasteiger partial charge in [0.15, 0.2) is 0 Å². The number of aromatic nitrogens is 2. The summed E-state index contributed by atoms with van der Waals surface area (Å²) in [4.78, 5) is 29.6. The molecule has 9 heteroatoms. The van der Waals surface area contributed by atoms with E-state index in [1.807, 2.05) is 40.6 Å². The molecule has 182 valence electrons. The minimum absolute atomic E-state index is 0.0451. The second-order valence-corrected chi connectivity index (χ2v) is 9.43. The van der Waals surface area contributed by atoms with E-state index in [-0.39, 0.29) is 11.6 Å². The summed E-state index contributed by atoms with van der Waals surface area (Å²) in [7, 11) is 0. The number of piperazine rings is 1. The van der Waals surface area contributed by atoms with Crippen LogP contribution in [0, 0.1) is 10.1 Å². The molecule has 0 spiro atoms. The van der Waals surface area contributed by atoms with Gasteiger partial charge in [0.1, 0.15) is 11.4 Å². The van der Waals surface area contributed by atoms with Gasteiger partial charge in [-0.25, -0.2) is 4.68 Å². The highest BCUT2D eigenvalue weighted by Crippen LogP contribution is 2.27. The molecule has 0 aliphatic carbocycles. The highest BCUT2D eigenvalue weighted by molar-refractivity contribution is 7.13. The van der Waals surface area contributed by atoms with E-state index in [1.165, 1.54) is 33.7 Å². The molecule has 4 aromatic rings. The lowest BCUT2D eigenvalue weighted by atomic mass is 10.2. The van der Waals surface area contributed by atoms with Crippen molar-refractivity contribution < 1.29 is 9.72 Å². The molecule has 8 nitrogen and oxygen atoms in total. The van der Waals surface area contributed by atoms with Crippen molar-refractivity contribution >= 4 is 29.0 Å². The van der Waals surface area contributed by atoms with Gasteiger partial charge in [-0.05, 0) is 29.1 Å². The van der Waals surface area contributed by atoms with Gasteiger partial charge in [0.05, 0.1) is 15.5 Å². The van der Waals surface area contributed by atoms with E-state index in [9.17, 15) is 14.9 Å². The van der Waals surface area contributed by atoms with Gasteiger partial charge in [-0.2, -0.15) is 5.10 Å². The van der Waals surface area contributed by atoms with Crippen LogP contribution in [0.1, 0.15) is 16.1 Å². The lowest BCUT2D eigenvalue weighted by molar-refractivity contribution is -0.384. The van der Waals surface area contributed by atoms with Crippen LogP contribution in [0.5, 0.6) is 0 Å². The number of nitro benzene ring substituents is 1. The van der Waals surface area contributed by atoms with Gasteiger partial charge in [-0.15, -0.1) is 11.3 Å². The molecule has 2 aromatic heterocycles. The summed E-state index contributed by atoms with van der Waals surface area (Å²) < 4.78 is 1.53. The molecule has 1 saturated heterocycles. The maximum atomic E-state index is 13.6. The van der Waals surface area contributed by atoms with Crippen LogP contribution in [-0.4, -0.2) is 63.1 Å². The zero-order chi connectivity index (χ0) is 24.9. The molecule has 2 aromatic carbocycles. The predicted octanol–water partition coefficient (Wildman–Crippen LogP) is 4.98. The summed E-state index contributed by atoms with van der Waals surface area (Å²) in [6.45, 7) is 3.57. The Morgan fingerprint density at radius 2 is 1.81 bits per heavy atom. The Kier molecular flexibility index (Phi) is 7.01. The number of carbonyl (C=O) groups is 1. The molecule has 3 heterocycles. The molecule has 0 unspecified atom stereocenters. The highest BCUT2D eigenvalue weighted by Gasteiger charge is 2.26. The van der Waals surface area contributed by atoms with Crippen molar-refractivity contribution in [1.29, 1.82) is 0 Å². The first-order valence-corrected chi connectivity index (χ1v) is 12.6. The number of thiophene rings is 1. The van der Waals surface area contributed by atoms with Crippen LogP contribution in [0.15, 0.2) is 84.3 Å². The quantitative estimate of drug-likeness (QED) is 0.265. The van der Waals surface area contributed by atoms with Crippen LogP contribution in [-0.2, 0) is 0 Å². The fourth-order valence-electron chi connectivity index (χ4n) is 4.21. The van der Waals surface area contributed by atoms with Gasteiger partial charge in [0.2, 0.25) is 0 Å². The second-order valence-electron chi connectivity index (χ2n) is 8.49. The fourth-order valence-corrected chi connectivity index (χ4v) is 4.89. The van der Waals surface area contributed by atoms with Crippen LogP contribution in [0.3, 0.4) is 0 Å². The van der Waals surface area contributed by atoms with E-state index in [0.717, 1.165) is 24.5 Å². The Bertz CT molecular complexity index is 1370. The number of carbonyl (C=O) groups excluding carboxylic acids is 1. The summed E-state index contributed by atoms with van der Waals surface area (Å²) in [6, 6.07) is 22.0. The van der Waals surface area contributed by atoms with Crippen LogP contribution >= 0.6 is 11.3 Å². The van der Waals surface area contributed by atoms with Gasteiger partial charge in [-0.1, -0.05) is 54.6 Å². The number of nitrogens with zero attached hydrogens (tertiary/aromatic N) is 5. The van der Waals surface area contributed by atoms with E-state index in [4.69, 9.17) is 0 Å². The molecule has 1 amide bonds. The van der Waals surface area contributed by atoms with Crippen molar-refractivity contribution in [3.05, 3.63) is 106 Å². The standard InChI is InChI=1S/C27H25N5O3S/c33-27(30-16-14-29(15-17-30)13-5-9-21-7-2-1-3-8-21)25-20-24(26-12-6-18-36-26)28-31(25)22-10-4-11-23(19-22)32(34)35/h1-12,18-20H,13-17H2. The van der Waals surface area contributed by atoms with Crippen molar-refractivity contribution in [3.63, 3.8) is 0 Å². The molecule has 1 aliphatic rings. The van der Waals surface area contributed by atoms with Crippen molar-refractivity contribution in [2.45, 2.75) is 0 Å². The third-order valence-electron chi connectivity index (χ3n) is 6.12. The molecule has 0 bridgehead atoms. The third kappa shape index (κ3) is 5.27. The lowest BCUT2D eigenvalue weighted by Gasteiger charge is -2.34. The first-order valence-electron chi connectivity index (χ1n) is 11.7. The summed E-state index contributed by atoms with van der Waals surface area (Å²) in [6.07, 6.45) is 4.26. The molecule has 36 heavy (non-hydrogen) atoms. The zero-order valence-corrected chi connectivity index (χ0v) is 20.4. The molecule has 0 atom stereocenters. The van der Waals surface area contributed by atoms with Crippen LogP contribution in [0.2, 0.25) is 0 Å². The Labute approximate surface area is 212 Å². The third-order valence-corrected chi connectivity index (χ3v) is 7.01. The van der Waals surface area contributed by atoms with Crippen molar-refractivity contribution in [2.75, 3.05) is 32.7 Å². The largest absolute Gasteiger partial charge is 0.335 e. The van der Waals surface area contributed by atoms with Crippen LogP contribution < -0.4 is 0 Å². The van der Waals surface area contributed by atoms with E-state index in [2.05, 4.69) is 34.3 Å². The minimum Gasteiger partial charge on any atom is -0.335 e. The SMILES string of the molecule is O=C(c1cc(-c2cccs2)nn1-c1cccc([N+](=O)[O-])c1)N1CCN(CC=Cc2ccccc2)CC1. The Hall–Kier alpha value is -4.08. The first-order chi connectivity index (χ1) is 17.6.